The van der Waals surface area contributed by atoms with Gasteiger partial charge in [-0.2, -0.15) is 0 Å². The Bertz CT molecular complexity index is 956. The standard InChI is InChI=1S/C22H25N3O3S/c1-2-28-18-5-3-15(4-6-18)14-23-20(26)16-7-10-25(11-8-16)22(27)19-13-17-9-12-29-21(17)24-19/h3-6,9,12-13,16,24H,2,7-8,10-11,14H2,1H3,(H,23,26). The average molecular weight is 412 g/mol. The highest BCUT2D eigenvalue weighted by Crippen LogP contribution is 2.24. The zero-order chi connectivity index (χ0) is 20.2. The first-order valence-corrected chi connectivity index (χ1v) is 10.9. The lowest BCUT2D eigenvalue weighted by Gasteiger charge is -2.31. The van der Waals surface area contributed by atoms with E-state index in [1.165, 1.54) is 0 Å². The van der Waals surface area contributed by atoms with E-state index in [4.69, 9.17) is 4.74 Å². The molecule has 1 aliphatic heterocycles. The molecule has 0 aliphatic carbocycles. The molecular weight excluding hydrogens is 386 g/mol. The highest BCUT2D eigenvalue weighted by atomic mass is 32.1. The maximum absolute atomic E-state index is 12.7. The number of ether oxygens (including phenoxy) is 1. The summed E-state index contributed by atoms with van der Waals surface area (Å²) in [6, 6.07) is 11.7. The summed E-state index contributed by atoms with van der Waals surface area (Å²) in [5, 5.41) is 6.10. The minimum Gasteiger partial charge on any atom is -0.494 e. The molecule has 0 radical (unpaired) electrons. The van der Waals surface area contributed by atoms with Crippen molar-refractivity contribution in [3.8, 4) is 5.75 Å². The van der Waals surface area contributed by atoms with Crippen molar-refractivity contribution in [1.29, 1.82) is 0 Å². The predicted octanol–water partition coefficient (Wildman–Crippen LogP) is 3.80. The van der Waals surface area contributed by atoms with Gasteiger partial charge in [0.15, 0.2) is 0 Å². The summed E-state index contributed by atoms with van der Waals surface area (Å²) < 4.78 is 5.43. The number of H-pyrrole nitrogens is 1. The van der Waals surface area contributed by atoms with Crippen LogP contribution in [0.5, 0.6) is 5.75 Å². The third-order valence-corrected chi connectivity index (χ3v) is 6.17. The normalized spacial score (nSPS) is 14.9. The van der Waals surface area contributed by atoms with Crippen LogP contribution in [0.15, 0.2) is 41.8 Å². The number of nitrogens with zero attached hydrogens (tertiary/aromatic N) is 1. The van der Waals surface area contributed by atoms with Crippen molar-refractivity contribution in [3.05, 3.63) is 53.0 Å². The first kappa shape index (κ1) is 19.5. The van der Waals surface area contributed by atoms with Crippen molar-refractivity contribution in [2.45, 2.75) is 26.3 Å². The van der Waals surface area contributed by atoms with Crippen LogP contribution in [0.4, 0.5) is 0 Å². The van der Waals surface area contributed by atoms with E-state index in [0.29, 0.717) is 44.8 Å². The number of piperidine rings is 1. The average Bonchev–Trinajstić information content (AvgIpc) is 3.35. The van der Waals surface area contributed by atoms with Crippen LogP contribution in [-0.4, -0.2) is 41.4 Å². The quantitative estimate of drug-likeness (QED) is 0.648. The summed E-state index contributed by atoms with van der Waals surface area (Å²) in [5.74, 6) is 0.864. The maximum atomic E-state index is 12.7. The Morgan fingerprint density at radius 2 is 1.97 bits per heavy atom. The molecule has 4 rings (SSSR count). The highest BCUT2D eigenvalue weighted by molar-refractivity contribution is 7.16. The minimum atomic E-state index is -0.0473. The van der Waals surface area contributed by atoms with Crippen LogP contribution in [0.1, 0.15) is 35.8 Å². The summed E-state index contributed by atoms with van der Waals surface area (Å²) in [4.78, 5) is 31.3. The van der Waals surface area contributed by atoms with E-state index < -0.39 is 0 Å². The van der Waals surface area contributed by atoms with Gasteiger partial charge in [-0.15, -0.1) is 11.3 Å². The highest BCUT2D eigenvalue weighted by Gasteiger charge is 2.28. The van der Waals surface area contributed by atoms with Gasteiger partial charge in [0.05, 0.1) is 6.61 Å². The lowest BCUT2D eigenvalue weighted by atomic mass is 9.95. The molecule has 3 aromatic rings. The number of fused-ring (bicyclic) bond motifs is 1. The Labute approximate surface area is 173 Å². The third kappa shape index (κ3) is 4.45. The van der Waals surface area contributed by atoms with Gasteiger partial charge in [-0.3, -0.25) is 9.59 Å². The molecule has 29 heavy (non-hydrogen) atoms. The Morgan fingerprint density at radius 3 is 2.66 bits per heavy atom. The number of likely N-dealkylation sites (tertiary alicyclic amines) is 1. The SMILES string of the molecule is CCOc1ccc(CNC(=O)C2CCN(C(=O)c3cc4ccsc4[nH]3)CC2)cc1. The number of carbonyl (C=O) groups is 2. The fraction of sp³-hybridized carbons (Fsp3) is 0.364. The second kappa shape index (κ2) is 8.69. The summed E-state index contributed by atoms with van der Waals surface area (Å²) in [7, 11) is 0. The number of aromatic nitrogens is 1. The monoisotopic (exact) mass is 411 g/mol. The molecule has 7 heteroatoms. The molecule has 6 nitrogen and oxygen atoms in total. The Kier molecular flexibility index (Phi) is 5.85. The Hall–Kier alpha value is -2.80. The van der Waals surface area contributed by atoms with Gasteiger partial charge >= 0.3 is 0 Å². The van der Waals surface area contributed by atoms with E-state index in [0.717, 1.165) is 21.5 Å². The molecule has 1 aromatic carbocycles. The van der Waals surface area contributed by atoms with Gasteiger partial charge < -0.3 is 19.9 Å². The Balaban J connectivity index is 1.25. The van der Waals surface area contributed by atoms with Gasteiger partial charge in [-0.25, -0.2) is 0 Å². The van der Waals surface area contributed by atoms with Gasteiger partial charge in [0.1, 0.15) is 16.3 Å². The second-order valence-electron chi connectivity index (χ2n) is 7.25. The fourth-order valence-electron chi connectivity index (χ4n) is 3.68. The van der Waals surface area contributed by atoms with Crippen LogP contribution in [0.2, 0.25) is 0 Å². The van der Waals surface area contributed by atoms with E-state index in [1.54, 1.807) is 11.3 Å². The number of thiophene rings is 1. The van der Waals surface area contributed by atoms with Crippen LogP contribution >= 0.6 is 11.3 Å². The number of rotatable bonds is 6. The first-order valence-electron chi connectivity index (χ1n) is 9.99. The van der Waals surface area contributed by atoms with Crippen LogP contribution in [0.25, 0.3) is 10.2 Å². The first-order chi connectivity index (χ1) is 14.1. The summed E-state index contributed by atoms with van der Waals surface area (Å²) >= 11 is 1.60. The number of hydrogen-bond acceptors (Lipinski definition) is 4. The molecule has 152 valence electrons. The van der Waals surface area contributed by atoms with Gasteiger partial charge in [0, 0.05) is 30.9 Å². The molecule has 1 aliphatic rings. The summed E-state index contributed by atoms with van der Waals surface area (Å²) in [5.41, 5.74) is 1.67. The predicted molar refractivity (Wildman–Crippen MR) is 114 cm³/mol. The maximum Gasteiger partial charge on any atom is 0.270 e. The number of aromatic amines is 1. The molecule has 2 N–H and O–H groups in total. The second-order valence-corrected chi connectivity index (χ2v) is 8.17. The Morgan fingerprint density at radius 1 is 1.21 bits per heavy atom. The van der Waals surface area contributed by atoms with Crippen molar-refractivity contribution >= 4 is 33.4 Å². The molecule has 2 aromatic heterocycles. The smallest absolute Gasteiger partial charge is 0.270 e. The largest absolute Gasteiger partial charge is 0.494 e. The molecule has 3 heterocycles. The van der Waals surface area contributed by atoms with Crippen molar-refractivity contribution in [2.75, 3.05) is 19.7 Å². The molecule has 2 amide bonds. The van der Waals surface area contributed by atoms with E-state index in [9.17, 15) is 9.59 Å². The van der Waals surface area contributed by atoms with Crippen LogP contribution in [0.3, 0.4) is 0 Å². The lowest BCUT2D eigenvalue weighted by Crippen LogP contribution is -2.43. The third-order valence-electron chi connectivity index (χ3n) is 5.33. The molecule has 0 bridgehead atoms. The van der Waals surface area contributed by atoms with Gasteiger partial charge in [-0.05, 0) is 55.0 Å². The van der Waals surface area contributed by atoms with Crippen LogP contribution in [-0.2, 0) is 11.3 Å². The zero-order valence-corrected chi connectivity index (χ0v) is 17.3. The minimum absolute atomic E-state index is 0.0154. The van der Waals surface area contributed by atoms with Gasteiger partial charge in [-0.1, -0.05) is 12.1 Å². The molecular formula is C22H25N3O3S. The molecule has 0 spiro atoms. The lowest BCUT2D eigenvalue weighted by molar-refractivity contribution is -0.126. The molecule has 1 saturated heterocycles. The van der Waals surface area contributed by atoms with Gasteiger partial charge in [0.2, 0.25) is 5.91 Å². The van der Waals surface area contributed by atoms with Crippen molar-refractivity contribution in [2.24, 2.45) is 5.92 Å². The van der Waals surface area contributed by atoms with E-state index >= 15 is 0 Å². The molecule has 0 unspecified atom stereocenters. The fourth-order valence-corrected chi connectivity index (χ4v) is 4.46. The van der Waals surface area contributed by atoms with E-state index in [2.05, 4.69) is 10.3 Å². The number of nitrogens with one attached hydrogen (secondary N) is 2. The van der Waals surface area contributed by atoms with Crippen molar-refractivity contribution in [3.63, 3.8) is 0 Å². The number of hydrogen-bond donors (Lipinski definition) is 2. The van der Waals surface area contributed by atoms with Crippen LogP contribution < -0.4 is 10.1 Å². The molecule has 1 fully saturated rings. The topological polar surface area (TPSA) is 74.4 Å². The van der Waals surface area contributed by atoms with E-state index in [1.807, 2.05) is 53.6 Å². The summed E-state index contributed by atoms with van der Waals surface area (Å²) in [6.45, 7) is 4.30. The molecule has 0 saturated carbocycles. The summed E-state index contributed by atoms with van der Waals surface area (Å²) in [6.07, 6.45) is 1.38. The molecule has 0 atom stereocenters. The number of benzene rings is 1. The van der Waals surface area contributed by atoms with Gasteiger partial charge in [0.25, 0.3) is 5.91 Å². The van der Waals surface area contributed by atoms with Crippen molar-refractivity contribution < 1.29 is 14.3 Å². The zero-order valence-electron chi connectivity index (χ0n) is 16.4. The van der Waals surface area contributed by atoms with E-state index in [-0.39, 0.29) is 17.7 Å². The van der Waals surface area contributed by atoms with Crippen molar-refractivity contribution in [1.82, 2.24) is 15.2 Å². The number of carbonyl (C=O) groups excluding carboxylic acids is 2. The van der Waals surface area contributed by atoms with Crippen LogP contribution in [0, 0.1) is 5.92 Å². The number of amides is 2.